The molecule has 5 nitrogen and oxygen atoms in total. The summed E-state index contributed by atoms with van der Waals surface area (Å²) in [5.74, 6) is 0.811. The van der Waals surface area contributed by atoms with Gasteiger partial charge in [-0.05, 0) is 62.2 Å². The van der Waals surface area contributed by atoms with Crippen molar-refractivity contribution in [3.63, 3.8) is 0 Å². The fraction of sp³-hybridized carbons (Fsp3) is 0.0833. The first kappa shape index (κ1) is 15.3. The zero-order valence-electron chi connectivity index (χ0n) is 10.3. The maximum absolute atomic E-state index is 12.2. The molecule has 106 valence electrons. The molecule has 0 amide bonds. The van der Waals surface area contributed by atoms with E-state index in [1.54, 1.807) is 18.2 Å². The Morgan fingerprint density at radius 2 is 1.95 bits per heavy atom. The molecule has 0 saturated carbocycles. The molecule has 1 heterocycles. The summed E-state index contributed by atoms with van der Waals surface area (Å²) in [4.78, 5) is 4.09. The quantitative estimate of drug-likeness (QED) is 0.821. The van der Waals surface area contributed by atoms with Gasteiger partial charge in [0.2, 0.25) is 0 Å². The highest BCUT2D eigenvalue weighted by Gasteiger charge is 2.16. The Bertz CT molecular complexity index is 718. The fourth-order valence-corrected chi connectivity index (χ4v) is 3.41. The fourth-order valence-electron chi connectivity index (χ4n) is 1.45. The summed E-state index contributed by atoms with van der Waals surface area (Å²) in [6.07, 6.45) is 1.52. The first-order chi connectivity index (χ1) is 9.42. The van der Waals surface area contributed by atoms with E-state index in [1.165, 1.54) is 25.4 Å². The van der Waals surface area contributed by atoms with Crippen LogP contribution in [-0.2, 0) is 10.0 Å². The molecule has 0 aliphatic rings. The van der Waals surface area contributed by atoms with E-state index in [1.807, 2.05) is 0 Å². The Balaban J connectivity index is 2.30. The van der Waals surface area contributed by atoms with E-state index in [2.05, 4.69) is 41.6 Å². The van der Waals surface area contributed by atoms with E-state index < -0.39 is 10.0 Å². The number of ether oxygens (including phenoxy) is 1. The van der Waals surface area contributed by atoms with Crippen molar-refractivity contribution < 1.29 is 13.2 Å². The molecule has 0 radical (unpaired) electrons. The Morgan fingerprint density at radius 1 is 1.20 bits per heavy atom. The third-order valence-electron chi connectivity index (χ3n) is 2.40. The van der Waals surface area contributed by atoms with Gasteiger partial charge in [0.05, 0.1) is 16.5 Å². The first-order valence-electron chi connectivity index (χ1n) is 5.40. The molecule has 0 atom stereocenters. The minimum absolute atomic E-state index is 0.120. The normalized spacial score (nSPS) is 11.2. The van der Waals surface area contributed by atoms with Gasteiger partial charge in [0.15, 0.2) is 0 Å². The van der Waals surface area contributed by atoms with Crippen molar-refractivity contribution in [3.05, 3.63) is 45.5 Å². The summed E-state index contributed by atoms with van der Waals surface area (Å²) >= 11 is 6.49. The maximum Gasteiger partial charge on any atom is 0.263 e. The first-order valence-corrected chi connectivity index (χ1v) is 8.47. The second-order valence-electron chi connectivity index (χ2n) is 3.76. The van der Waals surface area contributed by atoms with Crippen LogP contribution >= 0.6 is 31.9 Å². The molecule has 1 N–H and O–H groups in total. The van der Waals surface area contributed by atoms with E-state index in [9.17, 15) is 8.42 Å². The van der Waals surface area contributed by atoms with E-state index >= 15 is 0 Å². The van der Waals surface area contributed by atoms with Crippen LogP contribution in [-0.4, -0.2) is 20.5 Å². The van der Waals surface area contributed by atoms with E-state index in [0.29, 0.717) is 10.2 Å². The number of nitrogens with one attached hydrogen (secondary N) is 1. The van der Waals surface area contributed by atoms with Crippen LogP contribution in [0.15, 0.2) is 50.4 Å². The van der Waals surface area contributed by atoms with Gasteiger partial charge in [-0.3, -0.25) is 4.72 Å². The number of benzene rings is 1. The largest absolute Gasteiger partial charge is 0.496 e. The molecule has 2 aromatic rings. The molecule has 8 heteroatoms. The molecular formula is C12H10Br2N2O3S. The molecule has 0 aliphatic heterocycles. The minimum Gasteiger partial charge on any atom is -0.496 e. The van der Waals surface area contributed by atoms with Crippen LogP contribution in [0.2, 0.25) is 0 Å². The van der Waals surface area contributed by atoms with Crippen molar-refractivity contribution in [2.75, 3.05) is 11.8 Å². The van der Waals surface area contributed by atoms with Crippen LogP contribution in [0.25, 0.3) is 0 Å². The lowest BCUT2D eigenvalue weighted by atomic mass is 10.3. The summed E-state index contributed by atoms with van der Waals surface area (Å²) in [5, 5.41) is 0. The van der Waals surface area contributed by atoms with Crippen LogP contribution in [0, 0.1) is 0 Å². The predicted molar refractivity (Wildman–Crippen MR) is 83.4 cm³/mol. The number of pyridine rings is 1. The van der Waals surface area contributed by atoms with E-state index in [-0.39, 0.29) is 10.7 Å². The highest BCUT2D eigenvalue weighted by Crippen LogP contribution is 2.28. The molecular weight excluding hydrogens is 412 g/mol. The molecule has 0 saturated heterocycles. The molecule has 0 spiro atoms. The van der Waals surface area contributed by atoms with Gasteiger partial charge in [-0.1, -0.05) is 0 Å². The molecule has 0 unspecified atom stereocenters. The van der Waals surface area contributed by atoms with Crippen LogP contribution < -0.4 is 9.46 Å². The molecule has 20 heavy (non-hydrogen) atoms. The molecule has 1 aromatic carbocycles. The van der Waals surface area contributed by atoms with Crippen molar-refractivity contribution in [1.29, 1.82) is 0 Å². The summed E-state index contributed by atoms with van der Waals surface area (Å²) in [6, 6.07) is 7.79. The SMILES string of the molecule is COc1ccc(S(=O)(=O)Nc2ccc(Br)cn2)cc1Br. The molecule has 0 bridgehead atoms. The van der Waals surface area contributed by atoms with Gasteiger partial charge in [-0.2, -0.15) is 0 Å². The second kappa shape index (κ2) is 6.11. The lowest BCUT2D eigenvalue weighted by Gasteiger charge is -2.09. The predicted octanol–water partition coefficient (Wildman–Crippen LogP) is 3.42. The molecule has 0 fully saturated rings. The van der Waals surface area contributed by atoms with Gasteiger partial charge in [0, 0.05) is 10.7 Å². The van der Waals surface area contributed by atoms with Crippen LogP contribution in [0.3, 0.4) is 0 Å². The van der Waals surface area contributed by atoms with Crippen LogP contribution in [0.1, 0.15) is 0 Å². The number of halogens is 2. The Labute approximate surface area is 133 Å². The van der Waals surface area contributed by atoms with Crippen LogP contribution in [0.5, 0.6) is 5.75 Å². The summed E-state index contributed by atoms with van der Waals surface area (Å²) in [6.45, 7) is 0. The summed E-state index contributed by atoms with van der Waals surface area (Å²) < 4.78 is 33.2. The number of aromatic nitrogens is 1. The van der Waals surface area contributed by atoms with Crippen LogP contribution in [0.4, 0.5) is 5.82 Å². The van der Waals surface area contributed by atoms with Crippen molar-refractivity contribution in [1.82, 2.24) is 4.98 Å². The molecule has 0 aliphatic carbocycles. The van der Waals surface area contributed by atoms with E-state index in [0.717, 1.165) is 4.47 Å². The average molecular weight is 422 g/mol. The average Bonchev–Trinajstić information content (AvgIpc) is 2.41. The van der Waals surface area contributed by atoms with Crippen molar-refractivity contribution in [3.8, 4) is 5.75 Å². The number of nitrogens with zero attached hydrogens (tertiary/aromatic N) is 1. The number of rotatable bonds is 4. The second-order valence-corrected chi connectivity index (χ2v) is 7.22. The van der Waals surface area contributed by atoms with Gasteiger partial charge < -0.3 is 4.74 Å². The molecule has 2 rings (SSSR count). The highest BCUT2D eigenvalue weighted by molar-refractivity contribution is 9.10. The van der Waals surface area contributed by atoms with E-state index in [4.69, 9.17) is 4.74 Å². The Hall–Kier alpha value is -1.12. The summed E-state index contributed by atoms with van der Waals surface area (Å²) in [5.41, 5.74) is 0. The van der Waals surface area contributed by atoms with Crippen molar-refractivity contribution >= 4 is 47.7 Å². The van der Waals surface area contributed by atoms with Gasteiger partial charge >= 0.3 is 0 Å². The Kier molecular flexibility index (Phi) is 4.66. The third kappa shape index (κ3) is 3.50. The maximum atomic E-state index is 12.2. The lowest BCUT2D eigenvalue weighted by molar-refractivity contribution is 0.411. The Morgan fingerprint density at radius 3 is 2.50 bits per heavy atom. The topological polar surface area (TPSA) is 68.3 Å². The van der Waals surface area contributed by atoms with Crippen molar-refractivity contribution in [2.45, 2.75) is 4.90 Å². The van der Waals surface area contributed by atoms with Gasteiger partial charge in [0.1, 0.15) is 11.6 Å². The van der Waals surface area contributed by atoms with Gasteiger partial charge in [-0.15, -0.1) is 0 Å². The molecule has 1 aromatic heterocycles. The number of sulfonamides is 1. The van der Waals surface area contributed by atoms with Gasteiger partial charge in [-0.25, -0.2) is 13.4 Å². The zero-order valence-corrected chi connectivity index (χ0v) is 14.3. The minimum atomic E-state index is -3.69. The van der Waals surface area contributed by atoms with Gasteiger partial charge in [0.25, 0.3) is 10.0 Å². The highest BCUT2D eigenvalue weighted by atomic mass is 79.9. The number of anilines is 1. The number of hydrogen-bond donors (Lipinski definition) is 1. The zero-order chi connectivity index (χ0) is 14.8. The lowest BCUT2D eigenvalue weighted by Crippen LogP contribution is -2.13. The smallest absolute Gasteiger partial charge is 0.263 e. The number of methoxy groups -OCH3 is 1. The van der Waals surface area contributed by atoms with Crippen molar-refractivity contribution in [2.24, 2.45) is 0 Å². The standard InChI is InChI=1S/C12H10Br2N2O3S/c1-19-11-4-3-9(6-10(11)14)20(17,18)16-12-5-2-8(13)7-15-12/h2-7H,1H3,(H,15,16). The number of hydrogen-bond acceptors (Lipinski definition) is 4. The monoisotopic (exact) mass is 420 g/mol. The summed E-state index contributed by atoms with van der Waals surface area (Å²) in [7, 11) is -2.17. The third-order valence-corrected chi connectivity index (χ3v) is 4.84.